The minimum absolute atomic E-state index is 0.0366. The van der Waals surface area contributed by atoms with Gasteiger partial charge in [-0.1, -0.05) is 30.6 Å². The van der Waals surface area contributed by atoms with Crippen LogP contribution in [-0.2, 0) is 6.42 Å². The van der Waals surface area contributed by atoms with Gasteiger partial charge in [0.1, 0.15) is 5.76 Å². The first-order valence-electron chi connectivity index (χ1n) is 10.7. The smallest absolute Gasteiger partial charge is 0.273 e. The first kappa shape index (κ1) is 19.7. The highest BCUT2D eigenvalue weighted by Crippen LogP contribution is 2.40. The van der Waals surface area contributed by atoms with Crippen molar-refractivity contribution >= 4 is 11.8 Å². The normalized spacial score (nSPS) is 21.8. The van der Waals surface area contributed by atoms with Crippen LogP contribution in [0.1, 0.15) is 84.0 Å². The first-order valence-corrected chi connectivity index (χ1v) is 10.7. The Morgan fingerprint density at radius 1 is 1.21 bits per heavy atom. The molecule has 1 saturated heterocycles. The SMILES string of the molecule is CCCc1ccc(C(=O)N2CC[C@@H](NC(=O)c3cc(C4CC4)on3)C[C@H]2C)cc1. The van der Waals surface area contributed by atoms with Crippen LogP contribution in [0.2, 0.25) is 0 Å². The first-order chi connectivity index (χ1) is 14.0. The Morgan fingerprint density at radius 2 is 1.97 bits per heavy atom. The van der Waals surface area contributed by atoms with E-state index in [2.05, 4.69) is 17.4 Å². The zero-order valence-electron chi connectivity index (χ0n) is 17.2. The van der Waals surface area contributed by atoms with E-state index >= 15 is 0 Å². The number of hydrogen-bond donors (Lipinski definition) is 1. The van der Waals surface area contributed by atoms with Crippen LogP contribution in [0.25, 0.3) is 0 Å². The molecule has 2 atom stereocenters. The van der Waals surface area contributed by atoms with Crippen molar-refractivity contribution in [2.45, 2.75) is 70.4 Å². The number of aromatic nitrogens is 1. The third-order valence-electron chi connectivity index (χ3n) is 5.95. The van der Waals surface area contributed by atoms with E-state index in [1.54, 1.807) is 6.07 Å². The molecule has 1 N–H and O–H groups in total. The molecule has 1 saturated carbocycles. The average molecular weight is 396 g/mol. The number of rotatable bonds is 6. The van der Waals surface area contributed by atoms with Gasteiger partial charge in [-0.05, 0) is 56.7 Å². The van der Waals surface area contributed by atoms with Crippen LogP contribution in [0.15, 0.2) is 34.9 Å². The molecule has 0 bridgehead atoms. The van der Waals surface area contributed by atoms with Crippen molar-refractivity contribution < 1.29 is 14.1 Å². The summed E-state index contributed by atoms with van der Waals surface area (Å²) in [5.41, 5.74) is 2.34. The maximum absolute atomic E-state index is 12.9. The summed E-state index contributed by atoms with van der Waals surface area (Å²) in [6, 6.07) is 9.80. The lowest BCUT2D eigenvalue weighted by atomic mass is 9.96. The molecule has 0 radical (unpaired) electrons. The summed E-state index contributed by atoms with van der Waals surface area (Å²) in [5.74, 6) is 1.13. The number of amides is 2. The lowest BCUT2D eigenvalue weighted by Crippen LogP contribution is -2.51. The van der Waals surface area contributed by atoms with Gasteiger partial charge in [0.2, 0.25) is 0 Å². The number of carbonyl (C=O) groups is 2. The molecule has 2 aromatic rings. The van der Waals surface area contributed by atoms with Gasteiger partial charge in [0.15, 0.2) is 5.69 Å². The van der Waals surface area contributed by atoms with Crippen LogP contribution < -0.4 is 5.32 Å². The molecule has 6 heteroatoms. The molecule has 29 heavy (non-hydrogen) atoms. The van der Waals surface area contributed by atoms with Crippen LogP contribution in [0.4, 0.5) is 0 Å². The predicted molar refractivity (Wildman–Crippen MR) is 110 cm³/mol. The topological polar surface area (TPSA) is 75.4 Å². The van der Waals surface area contributed by atoms with Crippen LogP contribution in [-0.4, -0.2) is 40.5 Å². The maximum atomic E-state index is 12.9. The van der Waals surface area contributed by atoms with Crippen LogP contribution >= 0.6 is 0 Å². The van der Waals surface area contributed by atoms with E-state index in [1.165, 1.54) is 5.56 Å². The Hall–Kier alpha value is -2.63. The minimum Gasteiger partial charge on any atom is -0.360 e. The van der Waals surface area contributed by atoms with Crippen LogP contribution in [0.3, 0.4) is 0 Å². The third-order valence-corrected chi connectivity index (χ3v) is 5.95. The Kier molecular flexibility index (Phi) is 5.69. The van der Waals surface area contributed by atoms with Gasteiger partial charge in [-0.3, -0.25) is 9.59 Å². The molecule has 1 aromatic heterocycles. The summed E-state index contributed by atoms with van der Waals surface area (Å²) in [6.07, 6.45) is 5.83. The van der Waals surface area contributed by atoms with Gasteiger partial charge in [0.25, 0.3) is 11.8 Å². The van der Waals surface area contributed by atoms with E-state index in [9.17, 15) is 9.59 Å². The van der Waals surface area contributed by atoms with Gasteiger partial charge in [0.05, 0.1) is 0 Å². The second-order valence-electron chi connectivity index (χ2n) is 8.38. The summed E-state index contributed by atoms with van der Waals surface area (Å²) < 4.78 is 5.28. The van der Waals surface area contributed by atoms with Crippen molar-refractivity contribution in [1.29, 1.82) is 0 Å². The molecule has 2 amide bonds. The maximum Gasteiger partial charge on any atom is 0.273 e. The molecular weight excluding hydrogens is 366 g/mol. The molecule has 6 nitrogen and oxygen atoms in total. The quantitative estimate of drug-likeness (QED) is 0.804. The number of carbonyl (C=O) groups excluding carboxylic acids is 2. The molecule has 4 rings (SSSR count). The Morgan fingerprint density at radius 3 is 2.62 bits per heavy atom. The second-order valence-corrected chi connectivity index (χ2v) is 8.38. The monoisotopic (exact) mass is 395 g/mol. The molecule has 154 valence electrons. The average Bonchev–Trinajstić information content (AvgIpc) is 3.45. The summed E-state index contributed by atoms with van der Waals surface area (Å²) in [4.78, 5) is 27.3. The van der Waals surface area contributed by atoms with Crippen molar-refractivity contribution in [2.24, 2.45) is 0 Å². The second kappa shape index (κ2) is 8.39. The molecule has 2 fully saturated rings. The van der Waals surface area contributed by atoms with Crippen molar-refractivity contribution in [2.75, 3.05) is 6.54 Å². The van der Waals surface area contributed by atoms with Crippen molar-refractivity contribution in [3.05, 3.63) is 52.9 Å². The van der Waals surface area contributed by atoms with Gasteiger partial charge in [-0.2, -0.15) is 0 Å². The number of piperidine rings is 1. The molecule has 1 aliphatic carbocycles. The van der Waals surface area contributed by atoms with E-state index < -0.39 is 0 Å². The number of hydrogen-bond acceptors (Lipinski definition) is 4. The largest absolute Gasteiger partial charge is 0.360 e. The fourth-order valence-electron chi connectivity index (χ4n) is 4.09. The Bertz CT molecular complexity index is 870. The van der Waals surface area contributed by atoms with E-state index in [1.807, 2.05) is 36.1 Å². The van der Waals surface area contributed by atoms with Gasteiger partial charge < -0.3 is 14.7 Å². The summed E-state index contributed by atoms with van der Waals surface area (Å²) in [7, 11) is 0. The van der Waals surface area contributed by atoms with E-state index in [4.69, 9.17) is 4.52 Å². The van der Waals surface area contributed by atoms with Crippen LogP contribution in [0.5, 0.6) is 0 Å². The highest BCUT2D eigenvalue weighted by atomic mass is 16.5. The fraction of sp³-hybridized carbons (Fsp3) is 0.522. The summed E-state index contributed by atoms with van der Waals surface area (Å²) in [6.45, 7) is 4.83. The number of nitrogens with zero attached hydrogens (tertiary/aromatic N) is 2. The van der Waals surface area contributed by atoms with Crippen LogP contribution in [0, 0.1) is 0 Å². The number of nitrogens with one attached hydrogen (secondary N) is 1. The Labute approximate surface area is 171 Å². The summed E-state index contributed by atoms with van der Waals surface area (Å²) >= 11 is 0. The number of benzene rings is 1. The highest BCUT2D eigenvalue weighted by Gasteiger charge is 2.32. The van der Waals surface area contributed by atoms with E-state index in [0.29, 0.717) is 18.2 Å². The number of likely N-dealkylation sites (tertiary alicyclic amines) is 1. The molecule has 0 unspecified atom stereocenters. The van der Waals surface area contributed by atoms with E-state index in [0.717, 1.165) is 49.8 Å². The third kappa shape index (κ3) is 4.52. The van der Waals surface area contributed by atoms with Crippen molar-refractivity contribution in [3.63, 3.8) is 0 Å². The molecule has 0 spiro atoms. The standard InChI is InChI=1S/C23H29N3O3/c1-3-4-16-5-7-18(8-6-16)23(28)26-12-11-19(13-15(26)2)24-22(27)20-14-21(29-25-20)17-9-10-17/h5-8,14-15,17,19H,3-4,9-13H2,1-2H3,(H,24,27)/t15-,19-/m1/s1. The minimum atomic E-state index is -0.191. The molecular formula is C23H29N3O3. The zero-order valence-corrected chi connectivity index (χ0v) is 17.2. The predicted octanol–water partition coefficient (Wildman–Crippen LogP) is 3.93. The number of aryl methyl sites for hydroxylation is 1. The fourth-order valence-corrected chi connectivity index (χ4v) is 4.09. The van der Waals surface area contributed by atoms with Gasteiger partial charge in [-0.15, -0.1) is 0 Å². The Balaban J connectivity index is 1.32. The lowest BCUT2D eigenvalue weighted by molar-refractivity contribution is 0.0595. The van der Waals surface area contributed by atoms with Gasteiger partial charge in [-0.25, -0.2) is 0 Å². The molecule has 1 aromatic carbocycles. The summed E-state index contributed by atoms with van der Waals surface area (Å²) in [5, 5.41) is 6.97. The molecule has 2 aliphatic rings. The highest BCUT2D eigenvalue weighted by molar-refractivity contribution is 5.95. The van der Waals surface area contributed by atoms with Crippen molar-refractivity contribution in [3.8, 4) is 0 Å². The molecule has 2 heterocycles. The van der Waals surface area contributed by atoms with Gasteiger partial charge >= 0.3 is 0 Å². The van der Waals surface area contributed by atoms with Crippen molar-refractivity contribution in [1.82, 2.24) is 15.4 Å². The van der Waals surface area contributed by atoms with Gasteiger partial charge in [0, 0.05) is 36.2 Å². The molecule has 1 aliphatic heterocycles. The lowest BCUT2D eigenvalue weighted by Gasteiger charge is -2.38. The zero-order chi connectivity index (χ0) is 20.4. The van der Waals surface area contributed by atoms with E-state index in [-0.39, 0.29) is 23.9 Å².